The summed E-state index contributed by atoms with van der Waals surface area (Å²) < 4.78 is 30.1. The van der Waals surface area contributed by atoms with E-state index < -0.39 is 23.8 Å². The first kappa shape index (κ1) is 21.0. The molecule has 1 aliphatic heterocycles. The minimum absolute atomic E-state index is 0.363. The Morgan fingerprint density at radius 3 is 2.71 bits per heavy atom. The second-order valence-electron chi connectivity index (χ2n) is 6.73. The molecule has 10 nitrogen and oxygen atoms in total. The highest BCUT2D eigenvalue weighted by molar-refractivity contribution is 7.96. The van der Waals surface area contributed by atoms with Crippen molar-refractivity contribution in [2.24, 2.45) is 5.14 Å². The molecular formula is C16H24N5O5PS. The summed E-state index contributed by atoms with van der Waals surface area (Å²) in [5.41, 5.74) is 1.33. The molecule has 0 radical (unpaired) electrons. The molecule has 0 aliphatic carbocycles. The van der Waals surface area contributed by atoms with E-state index in [0.29, 0.717) is 37.4 Å². The second kappa shape index (κ2) is 7.94. The van der Waals surface area contributed by atoms with Gasteiger partial charge in [0.25, 0.3) is 0 Å². The zero-order valence-corrected chi connectivity index (χ0v) is 17.2. The van der Waals surface area contributed by atoms with Crippen LogP contribution in [0.1, 0.15) is 12.0 Å². The molecule has 3 rings (SSSR count). The monoisotopic (exact) mass is 429 g/mol. The third-order valence-electron chi connectivity index (χ3n) is 4.49. The first-order chi connectivity index (χ1) is 13.0. The van der Waals surface area contributed by atoms with Crippen LogP contribution in [-0.4, -0.2) is 66.7 Å². The van der Waals surface area contributed by atoms with Crippen LogP contribution in [0, 0.1) is 6.92 Å². The van der Waals surface area contributed by atoms with Crippen molar-refractivity contribution < 1.29 is 23.3 Å². The summed E-state index contributed by atoms with van der Waals surface area (Å²) in [6.45, 7) is 4.20. The Hall–Kier alpha value is -1.75. The molecule has 28 heavy (non-hydrogen) atoms. The highest BCUT2D eigenvalue weighted by atomic mass is 32.2. The maximum atomic E-state index is 12.0. The highest BCUT2D eigenvalue weighted by Crippen LogP contribution is 2.36. The van der Waals surface area contributed by atoms with Gasteiger partial charge in [-0.15, -0.1) is 0 Å². The van der Waals surface area contributed by atoms with Crippen molar-refractivity contribution in [3.8, 4) is 5.75 Å². The van der Waals surface area contributed by atoms with E-state index in [0.717, 1.165) is 23.2 Å². The fraction of sp³-hybridized carbons (Fsp3) is 0.438. The van der Waals surface area contributed by atoms with Gasteiger partial charge in [0.2, 0.25) is 0 Å². The maximum Gasteiger partial charge on any atom is 0.362 e. The Labute approximate surface area is 163 Å². The second-order valence-corrected chi connectivity index (χ2v) is 10.2. The van der Waals surface area contributed by atoms with Crippen LogP contribution in [0.3, 0.4) is 0 Å². The molecule has 0 saturated carbocycles. The highest BCUT2D eigenvalue weighted by Gasteiger charge is 2.22. The summed E-state index contributed by atoms with van der Waals surface area (Å²) in [5.74, 6) is 4.66. The van der Waals surface area contributed by atoms with E-state index in [1.54, 1.807) is 17.3 Å². The average molecular weight is 429 g/mol. The van der Waals surface area contributed by atoms with Gasteiger partial charge in [0.15, 0.2) is 6.35 Å². The lowest BCUT2D eigenvalue weighted by Gasteiger charge is -2.24. The number of fused-ring (bicyclic) bond motifs is 1. The number of hydrogen-bond acceptors (Lipinski definition) is 6. The molecule has 0 spiro atoms. The topological polar surface area (TPSA) is 142 Å². The number of nitrogens with two attached hydrogens (primary N) is 1. The van der Waals surface area contributed by atoms with E-state index in [1.807, 2.05) is 6.07 Å². The van der Waals surface area contributed by atoms with Gasteiger partial charge in [0, 0.05) is 37.6 Å². The number of nitrogens with zero attached hydrogens (tertiary/aromatic N) is 4. The minimum Gasteiger partial charge on any atom is -0.481 e. The van der Waals surface area contributed by atoms with Crippen LogP contribution in [0.25, 0.3) is 10.9 Å². The number of benzene rings is 1. The Balaban J connectivity index is 1.90. The van der Waals surface area contributed by atoms with Gasteiger partial charge in [-0.05, 0) is 30.8 Å². The van der Waals surface area contributed by atoms with E-state index in [4.69, 9.17) is 19.7 Å². The van der Waals surface area contributed by atoms with Crippen molar-refractivity contribution in [2.75, 3.05) is 37.4 Å². The number of aromatic nitrogens is 2. The summed E-state index contributed by atoms with van der Waals surface area (Å²) in [6.07, 6.45) is 1.51. The lowest BCUT2D eigenvalue weighted by Crippen LogP contribution is -2.39. The molecule has 1 saturated heterocycles. The van der Waals surface area contributed by atoms with Gasteiger partial charge in [0.05, 0.1) is 15.4 Å². The zero-order chi connectivity index (χ0) is 20.5. The van der Waals surface area contributed by atoms with Gasteiger partial charge in [-0.25, -0.2) is 23.6 Å². The van der Waals surface area contributed by atoms with Gasteiger partial charge < -0.3 is 19.4 Å². The largest absolute Gasteiger partial charge is 0.481 e. The van der Waals surface area contributed by atoms with Gasteiger partial charge in [0.1, 0.15) is 17.9 Å². The van der Waals surface area contributed by atoms with Crippen molar-refractivity contribution in [3.63, 3.8) is 0 Å². The van der Waals surface area contributed by atoms with Crippen LogP contribution >= 0.6 is 7.60 Å². The third kappa shape index (κ3) is 4.99. The molecule has 154 valence electrons. The molecule has 1 aliphatic rings. The van der Waals surface area contributed by atoms with E-state index in [-0.39, 0.29) is 0 Å². The van der Waals surface area contributed by atoms with Gasteiger partial charge in [-0.1, -0.05) is 0 Å². The van der Waals surface area contributed by atoms with Crippen molar-refractivity contribution >= 4 is 40.1 Å². The van der Waals surface area contributed by atoms with E-state index in [9.17, 15) is 8.77 Å². The van der Waals surface area contributed by atoms with Crippen LogP contribution in [0.5, 0.6) is 5.75 Å². The first-order valence-corrected chi connectivity index (χ1v) is 12.2. The fourth-order valence-electron chi connectivity index (χ4n) is 3.15. The third-order valence-corrected chi connectivity index (χ3v) is 6.20. The Kier molecular flexibility index (Phi) is 5.95. The Morgan fingerprint density at radius 2 is 2.04 bits per heavy atom. The molecule has 12 heteroatoms. The van der Waals surface area contributed by atoms with Crippen molar-refractivity contribution in [3.05, 3.63) is 24.0 Å². The van der Waals surface area contributed by atoms with E-state index >= 15 is 0 Å². The lowest BCUT2D eigenvalue weighted by atomic mass is 10.1. The molecular weight excluding hydrogens is 405 g/mol. The van der Waals surface area contributed by atoms with Crippen molar-refractivity contribution in [1.82, 2.24) is 14.3 Å². The summed E-state index contributed by atoms with van der Waals surface area (Å²) in [7, 11) is -7.01. The van der Waals surface area contributed by atoms with Crippen LogP contribution in [0.4, 0.5) is 5.82 Å². The minimum atomic E-state index is -4.27. The average Bonchev–Trinajstić information content (AvgIpc) is 2.85. The number of rotatable bonds is 5. The molecule has 1 aromatic heterocycles. The maximum absolute atomic E-state index is 12.0. The number of ether oxygens (including phenoxy) is 1. The Morgan fingerprint density at radius 1 is 1.29 bits per heavy atom. The fourth-order valence-corrected chi connectivity index (χ4v) is 4.29. The standard InChI is InChI=1S/C16H24N5O5PS/c1-12-8-13-14(9-15(12)26-11-27(22,23)24)18-10-19-16(13)20-4-3-5-21(7-6-20)28(2,17)25/h8-10H,2-7,11H2,1H3,(H2,17,25)(H2,22,23,24). The summed E-state index contributed by atoms with van der Waals surface area (Å²) in [5, 5.41) is 6.48. The SMILES string of the molecule is C=S(N)(=O)N1CCCN(c2ncnc3cc(OCP(=O)(O)O)c(C)cc23)CC1. The molecule has 1 atom stereocenters. The van der Waals surface area contributed by atoms with Crippen LogP contribution < -0.4 is 14.8 Å². The van der Waals surface area contributed by atoms with Crippen LogP contribution in [-0.2, 0) is 14.5 Å². The van der Waals surface area contributed by atoms with Gasteiger partial charge in [-0.3, -0.25) is 4.57 Å². The molecule has 2 heterocycles. The number of anilines is 1. The first-order valence-electron chi connectivity index (χ1n) is 8.62. The zero-order valence-electron chi connectivity index (χ0n) is 15.5. The number of aryl methyl sites for hydroxylation is 1. The molecule has 1 aromatic carbocycles. The molecule has 1 fully saturated rings. The molecule has 0 amide bonds. The van der Waals surface area contributed by atoms with Gasteiger partial charge >= 0.3 is 7.60 Å². The van der Waals surface area contributed by atoms with E-state index in [1.165, 1.54) is 6.33 Å². The summed E-state index contributed by atoms with van der Waals surface area (Å²) in [6, 6.07) is 3.49. The normalized spacial score (nSPS) is 18.6. The summed E-state index contributed by atoms with van der Waals surface area (Å²) >= 11 is 0. The van der Waals surface area contributed by atoms with Crippen LogP contribution in [0.15, 0.2) is 18.5 Å². The molecule has 2 aromatic rings. The molecule has 1 unspecified atom stereocenters. The molecule has 4 N–H and O–H groups in total. The quantitative estimate of drug-likeness (QED) is 0.460. The van der Waals surface area contributed by atoms with E-state index in [2.05, 4.69) is 20.7 Å². The Bertz CT molecular complexity index is 1030. The smallest absolute Gasteiger partial charge is 0.362 e. The van der Waals surface area contributed by atoms with Crippen molar-refractivity contribution in [2.45, 2.75) is 13.3 Å². The summed E-state index contributed by atoms with van der Waals surface area (Å²) in [4.78, 5) is 28.8. The van der Waals surface area contributed by atoms with Crippen molar-refractivity contribution in [1.29, 1.82) is 0 Å². The van der Waals surface area contributed by atoms with Crippen LogP contribution in [0.2, 0.25) is 0 Å². The van der Waals surface area contributed by atoms with Gasteiger partial charge in [-0.2, -0.15) is 0 Å². The number of hydrogen-bond donors (Lipinski definition) is 3. The predicted molar refractivity (Wildman–Crippen MR) is 110 cm³/mol. The lowest BCUT2D eigenvalue weighted by molar-refractivity contribution is 0.300. The molecule has 0 bridgehead atoms. The predicted octanol–water partition coefficient (Wildman–Crippen LogP) is 0.469.